The van der Waals surface area contributed by atoms with Crippen LogP contribution in [0.3, 0.4) is 0 Å². The minimum Gasteiger partial charge on any atom is -0.481 e. The zero-order valence-corrected chi connectivity index (χ0v) is 11.8. The van der Waals surface area contributed by atoms with Crippen LogP contribution in [0.25, 0.3) is 0 Å². The first-order valence-electron chi connectivity index (χ1n) is 6.83. The Bertz CT molecular complexity index is 322. The third-order valence-corrected chi connectivity index (χ3v) is 3.45. The molecule has 0 spiro atoms. The molecule has 0 bridgehead atoms. The molecule has 0 radical (unpaired) electrons. The van der Waals surface area contributed by atoms with Crippen molar-refractivity contribution in [3.05, 3.63) is 0 Å². The van der Waals surface area contributed by atoms with E-state index in [1.807, 2.05) is 6.92 Å². The number of carbonyl (C=O) groups is 2. The van der Waals surface area contributed by atoms with Gasteiger partial charge in [-0.25, -0.2) is 4.79 Å². The maximum Gasteiger partial charge on any atom is 0.317 e. The number of ether oxygens (including phenoxy) is 1. The van der Waals surface area contributed by atoms with Crippen LogP contribution in [-0.4, -0.2) is 54.9 Å². The van der Waals surface area contributed by atoms with Crippen molar-refractivity contribution >= 4 is 12.0 Å². The molecule has 1 heterocycles. The Morgan fingerprint density at radius 3 is 2.84 bits per heavy atom. The lowest BCUT2D eigenvalue weighted by atomic mass is 9.82. The molecule has 0 aliphatic carbocycles. The number of hydrogen-bond acceptors (Lipinski definition) is 3. The number of aliphatic carboxylic acids is 1. The molecule has 1 atom stereocenters. The van der Waals surface area contributed by atoms with E-state index >= 15 is 0 Å². The average Bonchev–Trinajstić information content (AvgIpc) is 2.38. The second kappa shape index (κ2) is 7.33. The highest BCUT2D eigenvalue weighted by atomic mass is 16.5. The average molecular weight is 272 g/mol. The summed E-state index contributed by atoms with van der Waals surface area (Å²) >= 11 is 0. The first kappa shape index (κ1) is 15.8. The maximum absolute atomic E-state index is 11.9. The molecule has 0 aromatic carbocycles. The number of rotatable bonds is 6. The first-order valence-corrected chi connectivity index (χ1v) is 6.83. The van der Waals surface area contributed by atoms with E-state index in [0.29, 0.717) is 32.7 Å². The number of carboxylic acids is 1. The zero-order chi connectivity index (χ0) is 14.3. The molecule has 1 saturated heterocycles. The van der Waals surface area contributed by atoms with Crippen molar-refractivity contribution in [3.63, 3.8) is 0 Å². The summed E-state index contributed by atoms with van der Waals surface area (Å²) in [4.78, 5) is 24.7. The Morgan fingerprint density at radius 2 is 2.21 bits per heavy atom. The van der Waals surface area contributed by atoms with Crippen LogP contribution in [0, 0.1) is 5.41 Å². The second-order valence-corrected chi connectivity index (χ2v) is 5.17. The number of carbonyl (C=O) groups excluding carboxylic acids is 1. The van der Waals surface area contributed by atoms with E-state index in [4.69, 9.17) is 4.74 Å². The zero-order valence-electron chi connectivity index (χ0n) is 11.8. The van der Waals surface area contributed by atoms with Crippen LogP contribution in [0.5, 0.6) is 0 Å². The van der Waals surface area contributed by atoms with Crippen molar-refractivity contribution in [2.75, 3.05) is 32.8 Å². The molecule has 1 fully saturated rings. The van der Waals surface area contributed by atoms with Gasteiger partial charge in [-0.1, -0.05) is 0 Å². The molecule has 0 saturated carbocycles. The molecular weight excluding hydrogens is 248 g/mol. The van der Waals surface area contributed by atoms with Gasteiger partial charge in [-0.2, -0.15) is 0 Å². The van der Waals surface area contributed by atoms with Crippen molar-refractivity contribution in [1.29, 1.82) is 0 Å². The molecule has 19 heavy (non-hydrogen) atoms. The lowest BCUT2D eigenvalue weighted by Gasteiger charge is -2.37. The van der Waals surface area contributed by atoms with E-state index in [0.717, 1.165) is 12.8 Å². The number of nitrogens with one attached hydrogen (secondary N) is 1. The van der Waals surface area contributed by atoms with E-state index in [-0.39, 0.29) is 12.6 Å². The molecule has 1 rings (SSSR count). The van der Waals surface area contributed by atoms with E-state index in [1.54, 1.807) is 11.8 Å². The molecule has 6 heteroatoms. The van der Waals surface area contributed by atoms with Gasteiger partial charge in [0.15, 0.2) is 0 Å². The number of piperidine rings is 1. The van der Waals surface area contributed by atoms with Gasteiger partial charge in [-0.3, -0.25) is 4.79 Å². The molecule has 1 aliphatic rings. The summed E-state index contributed by atoms with van der Waals surface area (Å²) in [5.74, 6) is -0.832. The van der Waals surface area contributed by atoms with Crippen molar-refractivity contribution in [2.45, 2.75) is 33.1 Å². The van der Waals surface area contributed by atoms with Crippen molar-refractivity contribution in [2.24, 2.45) is 5.41 Å². The normalized spacial score (nSPS) is 23.2. The molecule has 6 nitrogen and oxygen atoms in total. The fourth-order valence-corrected chi connectivity index (χ4v) is 2.21. The minimum absolute atomic E-state index is 0.177. The fraction of sp³-hybridized carbons (Fsp3) is 0.846. The van der Waals surface area contributed by atoms with Gasteiger partial charge < -0.3 is 20.1 Å². The quantitative estimate of drug-likeness (QED) is 0.715. The van der Waals surface area contributed by atoms with Gasteiger partial charge in [0.05, 0.1) is 5.41 Å². The lowest BCUT2D eigenvalue weighted by molar-refractivity contribution is -0.150. The predicted molar refractivity (Wildman–Crippen MR) is 71.1 cm³/mol. The third kappa shape index (κ3) is 4.70. The van der Waals surface area contributed by atoms with Crippen LogP contribution < -0.4 is 5.32 Å². The monoisotopic (exact) mass is 272 g/mol. The van der Waals surface area contributed by atoms with Gasteiger partial charge in [0.1, 0.15) is 0 Å². The topological polar surface area (TPSA) is 78.9 Å². The van der Waals surface area contributed by atoms with Crippen LogP contribution >= 0.6 is 0 Å². The van der Waals surface area contributed by atoms with Crippen molar-refractivity contribution < 1.29 is 19.4 Å². The number of hydrogen-bond donors (Lipinski definition) is 2. The summed E-state index contributed by atoms with van der Waals surface area (Å²) in [6.07, 6.45) is 2.12. The molecule has 0 aromatic rings. The molecule has 110 valence electrons. The molecular formula is C13H24N2O4. The maximum atomic E-state index is 11.9. The molecule has 0 aromatic heterocycles. The first-order chi connectivity index (χ1) is 8.99. The Labute approximate surface area is 114 Å². The summed E-state index contributed by atoms with van der Waals surface area (Å²) in [5, 5.41) is 12.0. The smallest absolute Gasteiger partial charge is 0.317 e. The number of carboxylic acid groups (broad SMARTS) is 1. The van der Waals surface area contributed by atoms with Gasteiger partial charge >= 0.3 is 12.0 Å². The van der Waals surface area contributed by atoms with Crippen LogP contribution in [0.15, 0.2) is 0 Å². The molecule has 1 aliphatic heterocycles. The molecule has 2 amide bonds. The van der Waals surface area contributed by atoms with E-state index in [1.165, 1.54) is 0 Å². The SMILES string of the molecule is CCOCCCNC(=O)N1CCCC(C)(C(=O)O)C1. The fourth-order valence-electron chi connectivity index (χ4n) is 2.21. The summed E-state index contributed by atoms with van der Waals surface area (Å²) in [6, 6.07) is -0.177. The van der Waals surface area contributed by atoms with Gasteiger partial charge in [0.25, 0.3) is 0 Å². The standard InChI is InChI=1S/C13H24N2O4/c1-3-19-9-5-7-14-12(18)15-8-4-6-13(2,10-15)11(16)17/h3-10H2,1-2H3,(H,14,18)(H,16,17). The number of amides is 2. The van der Waals surface area contributed by atoms with Crippen LogP contribution in [-0.2, 0) is 9.53 Å². The van der Waals surface area contributed by atoms with Gasteiger partial charge in [-0.05, 0) is 33.1 Å². The van der Waals surface area contributed by atoms with Gasteiger partial charge in [0, 0.05) is 32.8 Å². The molecule has 2 N–H and O–H groups in total. The Kier molecular flexibility index (Phi) is 6.08. The van der Waals surface area contributed by atoms with Gasteiger partial charge in [0.2, 0.25) is 0 Å². The van der Waals surface area contributed by atoms with Crippen molar-refractivity contribution in [3.8, 4) is 0 Å². The highest BCUT2D eigenvalue weighted by Gasteiger charge is 2.39. The van der Waals surface area contributed by atoms with Crippen LogP contribution in [0.2, 0.25) is 0 Å². The predicted octanol–water partition coefficient (Wildman–Crippen LogP) is 1.31. The summed E-state index contributed by atoms with van der Waals surface area (Å²) in [7, 11) is 0. The van der Waals surface area contributed by atoms with E-state index in [9.17, 15) is 14.7 Å². The van der Waals surface area contributed by atoms with Gasteiger partial charge in [-0.15, -0.1) is 0 Å². The minimum atomic E-state index is -0.832. The Morgan fingerprint density at radius 1 is 1.47 bits per heavy atom. The van der Waals surface area contributed by atoms with Crippen molar-refractivity contribution in [1.82, 2.24) is 10.2 Å². The second-order valence-electron chi connectivity index (χ2n) is 5.17. The Hall–Kier alpha value is -1.30. The molecule has 1 unspecified atom stereocenters. The summed E-state index contributed by atoms with van der Waals surface area (Å²) in [5.41, 5.74) is -0.819. The lowest BCUT2D eigenvalue weighted by Crippen LogP contribution is -2.51. The van der Waals surface area contributed by atoms with Crippen LogP contribution in [0.1, 0.15) is 33.1 Å². The Balaban J connectivity index is 2.34. The number of likely N-dealkylation sites (tertiary alicyclic amines) is 1. The summed E-state index contributed by atoms with van der Waals surface area (Å²) in [6.45, 7) is 6.39. The summed E-state index contributed by atoms with van der Waals surface area (Å²) < 4.78 is 5.18. The third-order valence-electron chi connectivity index (χ3n) is 3.45. The van der Waals surface area contributed by atoms with E-state index in [2.05, 4.69) is 5.32 Å². The number of urea groups is 1. The highest BCUT2D eigenvalue weighted by molar-refractivity contribution is 5.78. The van der Waals surface area contributed by atoms with Crippen LogP contribution in [0.4, 0.5) is 4.79 Å². The van der Waals surface area contributed by atoms with E-state index < -0.39 is 11.4 Å². The highest BCUT2D eigenvalue weighted by Crippen LogP contribution is 2.29. The number of nitrogens with zero attached hydrogens (tertiary/aromatic N) is 1. The largest absolute Gasteiger partial charge is 0.481 e.